The number of carbonyl (C=O) groups is 2. The van der Waals surface area contributed by atoms with Gasteiger partial charge in [-0.2, -0.15) is 0 Å². The van der Waals surface area contributed by atoms with Crippen LogP contribution in [0.15, 0.2) is 0 Å². The molecule has 1 amide bonds. The van der Waals surface area contributed by atoms with Gasteiger partial charge in [-0.1, -0.05) is 0 Å². The molecule has 3 atom stereocenters. The molecule has 3 aliphatic rings. The van der Waals surface area contributed by atoms with Crippen molar-refractivity contribution in [2.24, 2.45) is 0 Å². The van der Waals surface area contributed by atoms with E-state index in [0.29, 0.717) is 18.2 Å². The van der Waals surface area contributed by atoms with Crippen molar-refractivity contribution < 1.29 is 33.3 Å². The molecule has 99 valence electrons. The van der Waals surface area contributed by atoms with Crippen LogP contribution < -0.4 is 5.32 Å². The second-order valence-corrected chi connectivity index (χ2v) is 6.80. The largest absolute Gasteiger partial charge is 0.480 e. The number of carboxylic acids is 1. The summed E-state index contributed by atoms with van der Waals surface area (Å²) in [6, 6.07) is -0.724. The molecule has 0 aliphatic carbocycles. The van der Waals surface area contributed by atoms with Crippen molar-refractivity contribution in [1.82, 2.24) is 15.1 Å². The van der Waals surface area contributed by atoms with Gasteiger partial charge in [0, 0.05) is 30.1 Å². The molecule has 1 spiro atoms. The van der Waals surface area contributed by atoms with Crippen LogP contribution in [0.25, 0.3) is 0 Å². The summed E-state index contributed by atoms with van der Waals surface area (Å²) in [5.74, 6) is 0.386. The molecular formula is C9H12N3O3S2V-. The predicted octanol–water partition coefficient (Wildman–Crippen LogP) is -0.607. The minimum atomic E-state index is -0.806. The fourth-order valence-electron chi connectivity index (χ4n) is 2.36. The fraction of sp³-hybridized carbons (Fsp3) is 0.667. The first-order valence-corrected chi connectivity index (χ1v) is 7.19. The first-order chi connectivity index (χ1) is 8.10. The van der Waals surface area contributed by atoms with Gasteiger partial charge in [0.05, 0.1) is 12.7 Å². The minimum absolute atomic E-state index is 0. The van der Waals surface area contributed by atoms with E-state index in [0.717, 1.165) is 0 Å². The van der Waals surface area contributed by atoms with Crippen LogP contribution in [0.4, 0.5) is 0 Å². The minimum Gasteiger partial charge on any atom is -0.480 e. The maximum atomic E-state index is 12.1. The number of nitrogens with zero attached hydrogens (tertiary/aromatic N) is 2. The Labute approximate surface area is 125 Å². The molecule has 3 saturated heterocycles. The molecule has 3 aliphatic heterocycles. The number of thioether (sulfide) groups is 2. The van der Waals surface area contributed by atoms with Crippen molar-refractivity contribution in [2.75, 3.05) is 18.2 Å². The van der Waals surface area contributed by atoms with E-state index in [1.807, 2.05) is 4.90 Å². The van der Waals surface area contributed by atoms with Gasteiger partial charge in [-0.25, -0.2) is 4.90 Å². The Bertz CT molecular complexity index is 399. The molecule has 3 rings (SSSR count). The molecule has 3 fully saturated rings. The molecule has 2 unspecified atom stereocenters. The zero-order chi connectivity index (χ0) is 12.2. The van der Waals surface area contributed by atoms with Crippen LogP contribution in [-0.2, 0) is 28.1 Å². The van der Waals surface area contributed by atoms with E-state index >= 15 is 0 Å². The van der Waals surface area contributed by atoms with E-state index in [1.165, 1.54) is 0 Å². The van der Waals surface area contributed by atoms with Crippen molar-refractivity contribution in [1.29, 1.82) is 0 Å². The molecule has 0 saturated carbocycles. The Morgan fingerprint density at radius 1 is 1.50 bits per heavy atom. The van der Waals surface area contributed by atoms with Crippen molar-refractivity contribution in [3.63, 3.8) is 0 Å². The summed E-state index contributed by atoms with van der Waals surface area (Å²) in [6.07, 6.45) is 0. The van der Waals surface area contributed by atoms with Gasteiger partial charge >= 0.3 is 5.97 Å². The normalized spacial score (nSPS) is 38.5. The maximum absolute atomic E-state index is 12.1. The van der Waals surface area contributed by atoms with E-state index in [-0.39, 0.29) is 30.5 Å². The van der Waals surface area contributed by atoms with E-state index in [2.05, 4.69) is 12.4 Å². The Hall–Kier alpha value is 0.144. The Morgan fingerprint density at radius 3 is 2.78 bits per heavy atom. The number of hydrogen-bond acceptors (Lipinski definition) is 6. The Balaban J connectivity index is 0.00000120. The number of carboxylic acid groups (broad SMARTS) is 1. The summed E-state index contributed by atoms with van der Waals surface area (Å²) in [5, 5.41) is 11.8. The van der Waals surface area contributed by atoms with Crippen LogP contribution in [-0.4, -0.2) is 61.4 Å². The first kappa shape index (κ1) is 14.6. The molecule has 0 aromatic heterocycles. The number of amides is 1. The summed E-state index contributed by atoms with van der Waals surface area (Å²) in [7, 11) is 3.54. The van der Waals surface area contributed by atoms with Gasteiger partial charge in [-0.15, -0.1) is 23.5 Å². The monoisotopic (exact) mass is 325 g/mol. The van der Waals surface area contributed by atoms with Gasteiger partial charge in [0.15, 0.2) is 4.33 Å². The average Bonchev–Trinajstić information content (AvgIpc) is 2.53. The zero-order valence-electron chi connectivity index (χ0n) is 9.40. The first-order valence-electron chi connectivity index (χ1n) is 5.22. The molecule has 0 aromatic rings. The molecule has 2 N–H and O–H groups in total. The standard InChI is InChI=1S/C9H12N3O3S2.V/c1-10-5-2-16-9-11(4-12(9)7(5)13)6(3-17-9)8(14)15;/h5-6,10H,1-4H2,(H,14,15);/q-1;/t5?,6?,9-;/m0./s1. The predicted molar refractivity (Wildman–Crippen MR) is 64.9 cm³/mol. The molecular weight excluding hydrogens is 313 g/mol. The van der Waals surface area contributed by atoms with Crippen LogP contribution in [0, 0.1) is 7.05 Å². The van der Waals surface area contributed by atoms with Gasteiger partial charge in [0.25, 0.3) is 0 Å². The van der Waals surface area contributed by atoms with Crippen molar-refractivity contribution >= 4 is 35.4 Å². The van der Waals surface area contributed by atoms with Gasteiger partial charge in [0.2, 0.25) is 5.91 Å². The molecule has 0 aromatic carbocycles. The summed E-state index contributed by atoms with van der Waals surface area (Å²) in [5.41, 5.74) is 0. The van der Waals surface area contributed by atoms with Crippen molar-refractivity contribution in [3.8, 4) is 0 Å². The van der Waals surface area contributed by atoms with Crippen LogP contribution in [0.5, 0.6) is 0 Å². The number of nitrogens with one attached hydrogen (secondary N) is 1. The van der Waals surface area contributed by atoms with Gasteiger partial charge < -0.3 is 10.4 Å². The Morgan fingerprint density at radius 2 is 2.17 bits per heavy atom. The van der Waals surface area contributed by atoms with Crippen LogP contribution >= 0.6 is 23.5 Å². The van der Waals surface area contributed by atoms with E-state index < -0.39 is 16.3 Å². The van der Waals surface area contributed by atoms with E-state index in [4.69, 9.17) is 5.11 Å². The van der Waals surface area contributed by atoms with E-state index in [1.54, 1.807) is 28.4 Å². The number of aliphatic carboxylic acids is 1. The number of rotatable bonds is 2. The van der Waals surface area contributed by atoms with Gasteiger partial charge in [-0.3, -0.25) is 21.5 Å². The third-order valence-electron chi connectivity index (χ3n) is 3.34. The molecule has 3 heterocycles. The third kappa shape index (κ3) is 1.74. The SMILES string of the molecule is [CH2-]NC1CS[C@]23SCC(C(=O)O)N2CN3C1=O.[V]. The summed E-state index contributed by atoms with van der Waals surface area (Å²) >= 11 is 3.16. The van der Waals surface area contributed by atoms with Crippen LogP contribution in [0.2, 0.25) is 0 Å². The number of carbonyl (C=O) groups excluding carboxylic acids is 1. The molecule has 6 nitrogen and oxygen atoms in total. The van der Waals surface area contributed by atoms with Gasteiger partial charge in [0.1, 0.15) is 6.04 Å². The molecule has 0 bridgehead atoms. The third-order valence-corrected chi connectivity index (χ3v) is 6.69. The number of hydrogen-bond donors (Lipinski definition) is 2. The quantitative estimate of drug-likeness (QED) is 0.657. The zero-order valence-corrected chi connectivity index (χ0v) is 12.4. The topological polar surface area (TPSA) is 72.9 Å². The second kappa shape index (κ2) is 4.92. The summed E-state index contributed by atoms with van der Waals surface area (Å²) in [4.78, 5) is 26.8. The average molecular weight is 325 g/mol. The molecule has 1 radical (unpaired) electrons. The second-order valence-electron chi connectivity index (χ2n) is 4.16. The van der Waals surface area contributed by atoms with Crippen molar-refractivity contribution in [2.45, 2.75) is 16.4 Å². The molecule has 9 heteroatoms. The fourth-order valence-corrected chi connectivity index (χ4v) is 5.75. The molecule has 18 heavy (non-hydrogen) atoms. The Kier molecular flexibility index (Phi) is 3.98. The van der Waals surface area contributed by atoms with Crippen LogP contribution in [0.3, 0.4) is 0 Å². The smallest absolute Gasteiger partial charge is 0.321 e. The van der Waals surface area contributed by atoms with Crippen molar-refractivity contribution in [3.05, 3.63) is 7.05 Å². The van der Waals surface area contributed by atoms with E-state index in [9.17, 15) is 9.59 Å². The summed E-state index contributed by atoms with van der Waals surface area (Å²) in [6.45, 7) is 0.411. The maximum Gasteiger partial charge on any atom is 0.321 e. The van der Waals surface area contributed by atoms with Gasteiger partial charge in [-0.05, 0) is 0 Å². The summed E-state index contributed by atoms with van der Waals surface area (Å²) < 4.78 is -0.465. The van der Waals surface area contributed by atoms with Crippen LogP contribution in [0.1, 0.15) is 0 Å².